The molecule has 23 heavy (non-hydrogen) atoms. The molecule has 1 amide bonds. The van der Waals surface area contributed by atoms with Crippen molar-refractivity contribution in [3.63, 3.8) is 0 Å². The number of aromatic nitrogens is 1. The maximum Gasteiger partial charge on any atom is 0.237 e. The number of halogens is 1. The molecular weight excluding hydrogens is 330 g/mol. The summed E-state index contributed by atoms with van der Waals surface area (Å²) in [4.78, 5) is 16.8. The summed E-state index contributed by atoms with van der Waals surface area (Å²) in [5, 5.41) is 5.87. The molecule has 3 atom stereocenters. The van der Waals surface area contributed by atoms with Crippen LogP contribution in [0.2, 0.25) is 0 Å². The lowest BCUT2D eigenvalue weighted by Gasteiger charge is -2.20. The fraction of sp³-hybridized carbons (Fsp3) is 0.412. The summed E-state index contributed by atoms with van der Waals surface area (Å²) in [5.74, 6) is 0.0571. The van der Waals surface area contributed by atoms with Gasteiger partial charge in [0.2, 0.25) is 5.91 Å². The van der Waals surface area contributed by atoms with Crippen molar-refractivity contribution >= 4 is 29.7 Å². The van der Waals surface area contributed by atoms with Gasteiger partial charge < -0.3 is 11.1 Å². The molecule has 2 aromatic rings. The third-order valence-electron chi connectivity index (χ3n) is 3.88. The molecule has 3 N–H and O–H groups in total. The van der Waals surface area contributed by atoms with E-state index in [0.29, 0.717) is 0 Å². The molecule has 1 aromatic carbocycles. The molecule has 6 heteroatoms. The molecule has 0 aliphatic carbocycles. The Morgan fingerprint density at radius 2 is 1.96 bits per heavy atom. The van der Waals surface area contributed by atoms with E-state index in [2.05, 4.69) is 10.3 Å². The zero-order valence-corrected chi connectivity index (χ0v) is 15.3. The Bertz CT molecular complexity index is 617. The monoisotopic (exact) mass is 353 g/mol. The van der Waals surface area contributed by atoms with E-state index in [-0.39, 0.29) is 30.3 Å². The first kappa shape index (κ1) is 19.6. The number of nitrogens with one attached hydrogen (secondary N) is 1. The van der Waals surface area contributed by atoms with Gasteiger partial charge in [0.25, 0.3) is 0 Å². The standard InChI is InChI=1S/C17H23N3OS.ClH/c1-4-11(2)15(18)16(21)19-12(3)17-20-14(10-22-17)13-8-6-5-7-9-13;/h5-12,15H,4,18H2,1-3H3,(H,19,21);1H. The predicted octanol–water partition coefficient (Wildman–Crippen LogP) is 3.78. The van der Waals surface area contributed by atoms with Gasteiger partial charge in [0.15, 0.2) is 0 Å². The molecule has 1 aromatic heterocycles. The van der Waals surface area contributed by atoms with Crippen molar-refractivity contribution in [1.82, 2.24) is 10.3 Å². The number of hydrogen-bond donors (Lipinski definition) is 2. The van der Waals surface area contributed by atoms with E-state index in [1.54, 1.807) is 11.3 Å². The maximum atomic E-state index is 12.1. The van der Waals surface area contributed by atoms with Crippen molar-refractivity contribution in [3.8, 4) is 11.3 Å². The van der Waals surface area contributed by atoms with Crippen LogP contribution in [0, 0.1) is 5.92 Å². The van der Waals surface area contributed by atoms with Gasteiger partial charge in [0.1, 0.15) is 5.01 Å². The number of carbonyl (C=O) groups excluding carboxylic acids is 1. The molecule has 0 saturated carbocycles. The second-order valence-corrected chi connectivity index (χ2v) is 6.47. The fourth-order valence-corrected chi connectivity index (χ4v) is 2.95. The Hall–Kier alpha value is -1.43. The van der Waals surface area contributed by atoms with Gasteiger partial charge in [0, 0.05) is 10.9 Å². The first-order valence-electron chi connectivity index (χ1n) is 7.59. The number of nitrogens with zero attached hydrogens (tertiary/aromatic N) is 1. The molecule has 0 radical (unpaired) electrons. The number of carbonyl (C=O) groups is 1. The lowest BCUT2D eigenvalue weighted by atomic mass is 9.99. The van der Waals surface area contributed by atoms with Gasteiger partial charge in [-0.15, -0.1) is 23.7 Å². The molecule has 0 saturated heterocycles. The van der Waals surface area contributed by atoms with Crippen molar-refractivity contribution in [2.75, 3.05) is 0 Å². The van der Waals surface area contributed by atoms with E-state index in [9.17, 15) is 4.79 Å². The summed E-state index contributed by atoms with van der Waals surface area (Å²) >= 11 is 1.55. The summed E-state index contributed by atoms with van der Waals surface area (Å²) in [6.45, 7) is 5.97. The highest BCUT2D eigenvalue weighted by Crippen LogP contribution is 2.25. The molecule has 1 heterocycles. The highest BCUT2D eigenvalue weighted by Gasteiger charge is 2.22. The van der Waals surface area contributed by atoms with Gasteiger partial charge in [-0.3, -0.25) is 4.79 Å². The Morgan fingerprint density at radius 1 is 1.30 bits per heavy atom. The summed E-state index contributed by atoms with van der Waals surface area (Å²) in [6, 6.07) is 9.42. The first-order valence-corrected chi connectivity index (χ1v) is 8.47. The Labute approximate surface area is 147 Å². The van der Waals surface area contributed by atoms with E-state index < -0.39 is 6.04 Å². The smallest absolute Gasteiger partial charge is 0.237 e. The first-order chi connectivity index (χ1) is 10.5. The number of thiazole rings is 1. The van der Waals surface area contributed by atoms with Crippen LogP contribution in [-0.2, 0) is 4.79 Å². The quantitative estimate of drug-likeness (QED) is 0.830. The largest absolute Gasteiger partial charge is 0.346 e. The summed E-state index contributed by atoms with van der Waals surface area (Å²) in [7, 11) is 0. The number of nitrogens with two attached hydrogens (primary N) is 1. The van der Waals surface area contributed by atoms with Crippen molar-refractivity contribution in [2.24, 2.45) is 11.7 Å². The summed E-state index contributed by atoms with van der Waals surface area (Å²) < 4.78 is 0. The third kappa shape index (κ3) is 5.03. The van der Waals surface area contributed by atoms with Crippen molar-refractivity contribution in [3.05, 3.63) is 40.7 Å². The molecule has 0 aliphatic rings. The molecular formula is C17H24ClN3OS. The van der Waals surface area contributed by atoms with Crippen LogP contribution in [0.1, 0.15) is 38.2 Å². The van der Waals surface area contributed by atoms with Crippen LogP contribution in [0.15, 0.2) is 35.7 Å². The number of benzene rings is 1. The molecule has 0 aliphatic heterocycles. The van der Waals surface area contributed by atoms with Crippen LogP contribution in [0.25, 0.3) is 11.3 Å². The average molecular weight is 354 g/mol. The topological polar surface area (TPSA) is 68.0 Å². The van der Waals surface area contributed by atoms with Gasteiger partial charge >= 0.3 is 0 Å². The lowest BCUT2D eigenvalue weighted by molar-refractivity contribution is -0.124. The van der Waals surface area contributed by atoms with Crippen LogP contribution in [0.3, 0.4) is 0 Å². The number of hydrogen-bond acceptors (Lipinski definition) is 4. The third-order valence-corrected chi connectivity index (χ3v) is 4.91. The minimum Gasteiger partial charge on any atom is -0.346 e. The van der Waals surface area contributed by atoms with E-state index in [1.165, 1.54) is 0 Å². The van der Waals surface area contributed by atoms with Crippen molar-refractivity contribution in [1.29, 1.82) is 0 Å². The second kappa shape index (κ2) is 9.01. The van der Waals surface area contributed by atoms with Gasteiger partial charge in [0.05, 0.1) is 17.8 Å². The van der Waals surface area contributed by atoms with Crippen LogP contribution in [0.5, 0.6) is 0 Å². The van der Waals surface area contributed by atoms with E-state index in [1.807, 2.05) is 56.5 Å². The highest BCUT2D eigenvalue weighted by molar-refractivity contribution is 7.10. The lowest BCUT2D eigenvalue weighted by Crippen LogP contribution is -2.45. The van der Waals surface area contributed by atoms with Gasteiger partial charge in [-0.2, -0.15) is 0 Å². The Morgan fingerprint density at radius 3 is 2.57 bits per heavy atom. The molecule has 0 fully saturated rings. The Balaban J connectivity index is 0.00000264. The van der Waals surface area contributed by atoms with Crippen LogP contribution in [0.4, 0.5) is 0 Å². The summed E-state index contributed by atoms with van der Waals surface area (Å²) in [6.07, 6.45) is 0.887. The Kier molecular flexibility index (Phi) is 7.68. The van der Waals surface area contributed by atoms with E-state index in [0.717, 1.165) is 22.7 Å². The second-order valence-electron chi connectivity index (χ2n) is 5.58. The molecule has 4 nitrogen and oxygen atoms in total. The van der Waals surface area contributed by atoms with Crippen LogP contribution in [-0.4, -0.2) is 16.9 Å². The van der Waals surface area contributed by atoms with Gasteiger partial charge in [-0.1, -0.05) is 50.6 Å². The number of amides is 1. The average Bonchev–Trinajstić information content (AvgIpc) is 3.04. The zero-order chi connectivity index (χ0) is 16.1. The number of rotatable bonds is 6. The van der Waals surface area contributed by atoms with E-state index >= 15 is 0 Å². The van der Waals surface area contributed by atoms with Crippen molar-refractivity contribution in [2.45, 2.75) is 39.3 Å². The van der Waals surface area contributed by atoms with E-state index in [4.69, 9.17) is 5.73 Å². The fourth-order valence-electron chi connectivity index (χ4n) is 2.11. The molecule has 0 bridgehead atoms. The predicted molar refractivity (Wildman–Crippen MR) is 98.8 cm³/mol. The molecule has 2 rings (SSSR count). The van der Waals surface area contributed by atoms with Crippen LogP contribution >= 0.6 is 23.7 Å². The van der Waals surface area contributed by atoms with Crippen molar-refractivity contribution < 1.29 is 4.79 Å². The molecule has 0 spiro atoms. The van der Waals surface area contributed by atoms with Gasteiger partial charge in [-0.25, -0.2) is 4.98 Å². The SMILES string of the molecule is CCC(C)C(N)C(=O)NC(C)c1nc(-c2ccccc2)cs1.Cl. The molecule has 126 valence electrons. The normalized spacial score (nSPS) is 14.4. The minimum atomic E-state index is -0.471. The highest BCUT2D eigenvalue weighted by atomic mass is 35.5. The summed E-state index contributed by atoms with van der Waals surface area (Å²) in [5.41, 5.74) is 7.99. The van der Waals surface area contributed by atoms with Gasteiger partial charge in [-0.05, 0) is 12.8 Å². The maximum absolute atomic E-state index is 12.1. The molecule has 3 unspecified atom stereocenters. The zero-order valence-electron chi connectivity index (χ0n) is 13.7. The minimum absolute atomic E-state index is 0. The van der Waals surface area contributed by atoms with Crippen LogP contribution < -0.4 is 11.1 Å².